The van der Waals surface area contributed by atoms with E-state index in [-0.39, 0.29) is 11.8 Å². The Labute approximate surface area is 170 Å². The number of pyridine rings is 1. The van der Waals surface area contributed by atoms with E-state index in [4.69, 9.17) is 9.97 Å². The van der Waals surface area contributed by atoms with Gasteiger partial charge < -0.3 is 15.1 Å². The first-order chi connectivity index (χ1) is 13.5. The fraction of sp³-hybridized carbons (Fsp3) is 0.500. The van der Waals surface area contributed by atoms with E-state index in [0.717, 1.165) is 66.7 Å². The van der Waals surface area contributed by atoms with Crippen LogP contribution in [0.2, 0.25) is 0 Å². The van der Waals surface area contributed by atoms with Crippen molar-refractivity contribution in [1.29, 1.82) is 0 Å². The molecule has 1 saturated heterocycles. The van der Waals surface area contributed by atoms with Gasteiger partial charge in [-0.3, -0.25) is 9.78 Å². The Bertz CT molecular complexity index is 854. The van der Waals surface area contributed by atoms with Crippen molar-refractivity contribution in [2.45, 2.75) is 36.7 Å². The monoisotopic (exact) mass is 398 g/mol. The van der Waals surface area contributed by atoms with E-state index in [2.05, 4.69) is 41.0 Å². The Balaban J connectivity index is 1.48. The molecule has 0 radical (unpaired) electrons. The molecule has 0 atom stereocenters. The molecule has 0 aromatic carbocycles. The molecular weight excluding hydrogens is 372 g/mol. The lowest BCUT2D eigenvalue weighted by Crippen LogP contribution is -2.45. The molecule has 1 saturated carbocycles. The number of hydrogen-bond acceptors (Lipinski definition) is 7. The molecule has 7 nitrogen and oxygen atoms in total. The molecular formula is C20H26N6OS. The molecule has 148 valence electrons. The van der Waals surface area contributed by atoms with Crippen LogP contribution < -0.4 is 10.2 Å². The van der Waals surface area contributed by atoms with Gasteiger partial charge in [0.15, 0.2) is 5.16 Å². The van der Waals surface area contributed by atoms with E-state index in [1.165, 1.54) is 11.8 Å². The van der Waals surface area contributed by atoms with Gasteiger partial charge in [0.25, 0.3) is 0 Å². The minimum Gasteiger partial charge on any atom is -0.366 e. The SMILES string of the molecule is Cc1nc(Sc2cncc(NC(=O)C3CC3)c2)nc(C)c1N1CCN(C)CC1. The Kier molecular flexibility index (Phi) is 5.50. The van der Waals surface area contributed by atoms with Crippen LogP contribution in [0.5, 0.6) is 0 Å². The number of carbonyl (C=O) groups is 1. The summed E-state index contributed by atoms with van der Waals surface area (Å²) in [5, 5.41) is 3.65. The first-order valence-electron chi connectivity index (χ1n) is 9.72. The van der Waals surface area contributed by atoms with Crippen LogP contribution in [0.15, 0.2) is 28.5 Å². The van der Waals surface area contributed by atoms with Gasteiger partial charge in [0.1, 0.15) is 0 Å². The lowest BCUT2D eigenvalue weighted by molar-refractivity contribution is -0.117. The predicted octanol–water partition coefficient (Wildman–Crippen LogP) is 2.74. The summed E-state index contributed by atoms with van der Waals surface area (Å²) in [4.78, 5) is 31.3. The maximum absolute atomic E-state index is 12.0. The molecule has 2 aromatic rings. The second-order valence-electron chi connectivity index (χ2n) is 7.59. The molecule has 2 aliphatic rings. The molecule has 8 heteroatoms. The molecule has 0 unspecified atom stereocenters. The highest BCUT2D eigenvalue weighted by atomic mass is 32.2. The standard InChI is InChI=1S/C20H26N6OS/c1-13-18(26-8-6-25(3)7-9-26)14(2)23-20(22-13)28-17-10-16(11-21-12-17)24-19(27)15-4-5-15/h10-12,15H,4-9H2,1-3H3,(H,24,27). The minimum absolute atomic E-state index is 0.0865. The number of rotatable bonds is 5. The fourth-order valence-electron chi connectivity index (χ4n) is 3.45. The van der Waals surface area contributed by atoms with Crippen LogP contribution in [0.25, 0.3) is 0 Å². The van der Waals surface area contributed by atoms with E-state index >= 15 is 0 Å². The quantitative estimate of drug-likeness (QED) is 0.776. The zero-order valence-corrected chi connectivity index (χ0v) is 17.4. The largest absolute Gasteiger partial charge is 0.366 e. The topological polar surface area (TPSA) is 74.2 Å². The van der Waals surface area contributed by atoms with Crippen molar-refractivity contribution >= 4 is 29.0 Å². The van der Waals surface area contributed by atoms with Crippen molar-refractivity contribution in [2.75, 3.05) is 43.4 Å². The van der Waals surface area contributed by atoms with Gasteiger partial charge in [-0.1, -0.05) is 0 Å². The summed E-state index contributed by atoms with van der Waals surface area (Å²) in [7, 11) is 2.16. The van der Waals surface area contributed by atoms with E-state index < -0.39 is 0 Å². The second kappa shape index (κ2) is 8.05. The van der Waals surface area contributed by atoms with Crippen molar-refractivity contribution in [1.82, 2.24) is 19.9 Å². The maximum Gasteiger partial charge on any atom is 0.227 e. The predicted molar refractivity (Wildman–Crippen MR) is 111 cm³/mol. The number of piperazine rings is 1. The number of aryl methyl sites for hydroxylation is 2. The number of aromatic nitrogens is 3. The van der Waals surface area contributed by atoms with Gasteiger partial charge in [-0.25, -0.2) is 9.97 Å². The van der Waals surface area contributed by atoms with Crippen LogP contribution >= 0.6 is 11.8 Å². The molecule has 3 heterocycles. The third-order valence-electron chi connectivity index (χ3n) is 5.17. The maximum atomic E-state index is 12.0. The highest BCUT2D eigenvalue weighted by Crippen LogP contribution is 2.32. The number of amides is 1. The lowest BCUT2D eigenvalue weighted by atomic mass is 10.2. The van der Waals surface area contributed by atoms with Crippen molar-refractivity contribution in [3.05, 3.63) is 29.8 Å². The molecule has 1 amide bonds. The third kappa shape index (κ3) is 4.44. The van der Waals surface area contributed by atoms with Crippen LogP contribution in [-0.2, 0) is 4.79 Å². The zero-order valence-electron chi connectivity index (χ0n) is 16.6. The smallest absolute Gasteiger partial charge is 0.227 e. The van der Waals surface area contributed by atoms with Gasteiger partial charge in [-0.15, -0.1) is 0 Å². The highest BCUT2D eigenvalue weighted by molar-refractivity contribution is 7.99. The normalized spacial score (nSPS) is 17.6. The molecule has 1 aliphatic heterocycles. The molecule has 28 heavy (non-hydrogen) atoms. The summed E-state index contributed by atoms with van der Waals surface area (Å²) in [5.74, 6) is 0.260. The van der Waals surface area contributed by atoms with E-state index in [0.29, 0.717) is 5.16 Å². The summed E-state index contributed by atoms with van der Waals surface area (Å²) in [6.07, 6.45) is 5.43. The molecule has 0 bridgehead atoms. The van der Waals surface area contributed by atoms with Crippen LogP contribution in [-0.4, -0.2) is 59.0 Å². The van der Waals surface area contributed by atoms with E-state index in [1.807, 2.05) is 6.07 Å². The molecule has 2 aromatic heterocycles. The molecule has 2 fully saturated rings. The van der Waals surface area contributed by atoms with Gasteiger partial charge in [-0.2, -0.15) is 0 Å². The van der Waals surface area contributed by atoms with E-state index in [1.54, 1.807) is 12.4 Å². The van der Waals surface area contributed by atoms with Gasteiger partial charge in [0.05, 0.1) is 29.0 Å². The van der Waals surface area contributed by atoms with Crippen molar-refractivity contribution < 1.29 is 4.79 Å². The Hall–Kier alpha value is -2.19. The van der Waals surface area contributed by atoms with Crippen molar-refractivity contribution in [2.24, 2.45) is 5.92 Å². The van der Waals surface area contributed by atoms with Gasteiger partial charge >= 0.3 is 0 Å². The van der Waals surface area contributed by atoms with Gasteiger partial charge in [0.2, 0.25) is 5.91 Å². The first kappa shape index (κ1) is 19.1. The first-order valence-corrected chi connectivity index (χ1v) is 10.5. The van der Waals surface area contributed by atoms with Crippen LogP contribution in [0.3, 0.4) is 0 Å². The highest BCUT2D eigenvalue weighted by Gasteiger charge is 2.29. The van der Waals surface area contributed by atoms with E-state index in [9.17, 15) is 4.79 Å². The Morgan fingerprint density at radius 3 is 2.43 bits per heavy atom. The average Bonchev–Trinajstić information content (AvgIpc) is 3.48. The zero-order chi connectivity index (χ0) is 19.7. The van der Waals surface area contributed by atoms with Crippen LogP contribution in [0, 0.1) is 19.8 Å². The number of anilines is 2. The van der Waals surface area contributed by atoms with Crippen molar-refractivity contribution in [3.8, 4) is 0 Å². The molecule has 4 rings (SSSR count). The molecule has 0 spiro atoms. The van der Waals surface area contributed by atoms with Gasteiger partial charge in [0, 0.05) is 43.2 Å². The van der Waals surface area contributed by atoms with Gasteiger partial charge in [-0.05, 0) is 51.6 Å². The number of likely N-dealkylation sites (N-methyl/N-ethyl adjacent to an activating group) is 1. The Morgan fingerprint density at radius 1 is 1.11 bits per heavy atom. The third-order valence-corrected chi connectivity index (χ3v) is 5.99. The second-order valence-corrected chi connectivity index (χ2v) is 8.63. The van der Waals surface area contributed by atoms with Crippen LogP contribution in [0.1, 0.15) is 24.2 Å². The Morgan fingerprint density at radius 2 is 1.79 bits per heavy atom. The average molecular weight is 399 g/mol. The number of carbonyl (C=O) groups excluding carboxylic acids is 1. The minimum atomic E-state index is 0.0865. The summed E-state index contributed by atoms with van der Waals surface area (Å²) >= 11 is 1.47. The van der Waals surface area contributed by atoms with Crippen molar-refractivity contribution in [3.63, 3.8) is 0 Å². The number of hydrogen-bond donors (Lipinski definition) is 1. The van der Waals surface area contributed by atoms with Crippen LogP contribution in [0.4, 0.5) is 11.4 Å². The molecule has 1 aliphatic carbocycles. The number of nitrogens with zero attached hydrogens (tertiary/aromatic N) is 5. The summed E-state index contributed by atoms with van der Waals surface area (Å²) in [6.45, 7) is 8.22. The summed E-state index contributed by atoms with van der Waals surface area (Å²) < 4.78 is 0. The summed E-state index contributed by atoms with van der Waals surface area (Å²) in [6, 6.07) is 1.93. The number of nitrogens with one attached hydrogen (secondary N) is 1. The lowest BCUT2D eigenvalue weighted by Gasteiger charge is -2.35. The fourth-order valence-corrected chi connectivity index (χ4v) is 4.33. The summed E-state index contributed by atoms with van der Waals surface area (Å²) in [5.41, 5.74) is 3.89. The molecule has 1 N–H and O–H groups in total.